The molecule has 1 aromatic rings. The van der Waals surface area contributed by atoms with Crippen molar-refractivity contribution in [2.45, 2.75) is 24.8 Å². The monoisotopic (exact) mass is 248 g/mol. The first kappa shape index (κ1) is 13.5. The van der Waals surface area contributed by atoms with E-state index in [1.54, 1.807) is 0 Å². The zero-order valence-electron chi connectivity index (χ0n) is 11.4. The first-order valence-electron chi connectivity index (χ1n) is 6.69. The summed E-state index contributed by atoms with van der Waals surface area (Å²) in [5.74, 6) is 0. The largest absolute Gasteiger partial charge is 0.380 e. The Labute approximate surface area is 110 Å². The van der Waals surface area contributed by atoms with Gasteiger partial charge >= 0.3 is 0 Å². The quantitative estimate of drug-likeness (QED) is 0.860. The van der Waals surface area contributed by atoms with E-state index in [0.717, 1.165) is 26.2 Å². The second-order valence-electron chi connectivity index (χ2n) is 5.56. The summed E-state index contributed by atoms with van der Waals surface area (Å²) in [5, 5.41) is 0. The molecule has 0 saturated carbocycles. The lowest BCUT2D eigenvalue weighted by molar-refractivity contribution is 0.145. The van der Waals surface area contributed by atoms with Gasteiger partial charge in [0.25, 0.3) is 0 Å². The van der Waals surface area contributed by atoms with E-state index < -0.39 is 0 Å². The summed E-state index contributed by atoms with van der Waals surface area (Å²) in [6.45, 7) is 5.62. The summed E-state index contributed by atoms with van der Waals surface area (Å²) >= 11 is 0. The average Bonchev–Trinajstić information content (AvgIpc) is 2.93. The molecule has 0 aromatic heterocycles. The molecular formula is C15H24N2O. The molecule has 0 bridgehead atoms. The van der Waals surface area contributed by atoms with Gasteiger partial charge in [0.05, 0.1) is 6.61 Å². The second-order valence-corrected chi connectivity index (χ2v) is 5.56. The van der Waals surface area contributed by atoms with Crippen LogP contribution in [0.5, 0.6) is 0 Å². The van der Waals surface area contributed by atoms with Crippen molar-refractivity contribution >= 4 is 0 Å². The Morgan fingerprint density at radius 1 is 1.39 bits per heavy atom. The van der Waals surface area contributed by atoms with Crippen LogP contribution in [0.15, 0.2) is 30.3 Å². The fraction of sp³-hybridized carbons (Fsp3) is 0.600. The lowest BCUT2D eigenvalue weighted by atomic mass is 9.82. The highest BCUT2D eigenvalue weighted by molar-refractivity contribution is 5.25. The lowest BCUT2D eigenvalue weighted by Crippen LogP contribution is -2.46. The Morgan fingerprint density at radius 2 is 2.11 bits per heavy atom. The van der Waals surface area contributed by atoms with E-state index in [-0.39, 0.29) is 5.41 Å². The molecule has 0 aliphatic carbocycles. The van der Waals surface area contributed by atoms with E-state index in [4.69, 9.17) is 10.5 Å². The van der Waals surface area contributed by atoms with Crippen LogP contribution in [0.3, 0.4) is 0 Å². The predicted molar refractivity (Wildman–Crippen MR) is 74.7 cm³/mol. The van der Waals surface area contributed by atoms with Crippen LogP contribution >= 0.6 is 0 Å². The number of hydrogen-bond acceptors (Lipinski definition) is 3. The standard InChI is InChI=1S/C15H24N2O/c1-15(11-16,13-6-4-3-5-7-13)12-17(2)14-8-9-18-10-14/h3-7,14H,8-12,16H2,1-2H3. The van der Waals surface area contributed by atoms with Gasteiger partial charge in [0.2, 0.25) is 0 Å². The minimum atomic E-state index is 0.0125. The zero-order valence-corrected chi connectivity index (χ0v) is 11.4. The van der Waals surface area contributed by atoms with Gasteiger partial charge in [-0.25, -0.2) is 0 Å². The number of nitrogens with two attached hydrogens (primary N) is 1. The molecule has 3 heteroatoms. The third kappa shape index (κ3) is 2.91. The van der Waals surface area contributed by atoms with Gasteiger partial charge in [-0.15, -0.1) is 0 Å². The van der Waals surface area contributed by atoms with Crippen LogP contribution in [-0.2, 0) is 10.2 Å². The molecule has 2 rings (SSSR count). The predicted octanol–water partition coefficient (Wildman–Crippen LogP) is 1.62. The number of likely N-dealkylation sites (N-methyl/N-ethyl adjacent to an activating group) is 1. The summed E-state index contributed by atoms with van der Waals surface area (Å²) in [6, 6.07) is 11.1. The molecule has 1 fully saturated rings. The van der Waals surface area contributed by atoms with Crippen molar-refractivity contribution < 1.29 is 4.74 Å². The van der Waals surface area contributed by atoms with Crippen molar-refractivity contribution in [1.82, 2.24) is 4.90 Å². The molecule has 2 atom stereocenters. The van der Waals surface area contributed by atoms with Gasteiger partial charge in [0, 0.05) is 31.2 Å². The van der Waals surface area contributed by atoms with Crippen LogP contribution in [0, 0.1) is 0 Å². The van der Waals surface area contributed by atoms with E-state index in [1.807, 2.05) is 0 Å². The number of benzene rings is 1. The van der Waals surface area contributed by atoms with Crippen molar-refractivity contribution in [3.05, 3.63) is 35.9 Å². The summed E-state index contributed by atoms with van der Waals surface area (Å²) in [4.78, 5) is 2.40. The topological polar surface area (TPSA) is 38.5 Å². The smallest absolute Gasteiger partial charge is 0.0622 e. The van der Waals surface area contributed by atoms with Gasteiger partial charge in [-0.05, 0) is 19.0 Å². The van der Waals surface area contributed by atoms with Crippen LogP contribution in [0.2, 0.25) is 0 Å². The van der Waals surface area contributed by atoms with Crippen LogP contribution < -0.4 is 5.73 Å². The maximum atomic E-state index is 6.03. The van der Waals surface area contributed by atoms with E-state index in [2.05, 4.69) is 49.2 Å². The maximum absolute atomic E-state index is 6.03. The molecule has 1 saturated heterocycles. The number of ether oxygens (including phenoxy) is 1. The van der Waals surface area contributed by atoms with Gasteiger partial charge in [-0.1, -0.05) is 37.3 Å². The third-order valence-corrected chi connectivity index (χ3v) is 4.05. The summed E-state index contributed by atoms with van der Waals surface area (Å²) in [7, 11) is 2.18. The van der Waals surface area contributed by atoms with Gasteiger partial charge in [0.1, 0.15) is 0 Å². The maximum Gasteiger partial charge on any atom is 0.0622 e. The van der Waals surface area contributed by atoms with Gasteiger partial charge in [-0.2, -0.15) is 0 Å². The van der Waals surface area contributed by atoms with E-state index in [0.29, 0.717) is 12.6 Å². The molecule has 2 unspecified atom stereocenters. The van der Waals surface area contributed by atoms with Crippen molar-refractivity contribution in [3.63, 3.8) is 0 Å². The second kappa shape index (κ2) is 5.83. The molecule has 0 spiro atoms. The summed E-state index contributed by atoms with van der Waals surface area (Å²) in [5.41, 5.74) is 7.36. The van der Waals surface area contributed by atoms with Gasteiger partial charge in [0.15, 0.2) is 0 Å². The van der Waals surface area contributed by atoms with Gasteiger partial charge in [-0.3, -0.25) is 0 Å². The normalized spacial score (nSPS) is 23.2. The first-order valence-corrected chi connectivity index (χ1v) is 6.69. The van der Waals surface area contributed by atoms with E-state index in [9.17, 15) is 0 Å². The fourth-order valence-corrected chi connectivity index (χ4v) is 2.66. The Morgan fingerprint density at radius 3 is 2.67 bits per heavy atom. The molecular weight excluding hydrogens is 224 g/mol. The molecule has 1 aliphatic rings. The van der Waals surface area contributed by atoms with Crippen LogP contribution in [-0.4, -0.2) is 44.3 Å². The molecule has 1 heterocycles. The molecule has 3 nitrogen and oxygen atoms in total. The van der Waals surface area contributed by atoms with Gasteiger partial charge < -0.3 is 15.4 Å². The zero-order chi connectivity index (χ0) is 13.0. The van der Waals surface area contributed by atoms with Crippen LogP contribution in [0.1, 0.15) is 18.9 Å². The van der Waals surface area contributed by atoms with Crippen molar-refractivity contribution in [2.24, 2.45) is 5.73 Å². The Kier molecular flexibility index (Phi) is 4.38. The summed E-state index contributed by atoms with van der Waals surface area (Å²) in [6.07, 6.45) is 1.13. The highest BCUT2D eigenvalue weighted by Gasteiger charge is 2.30. The van der Waals surface area contributed by atoms with Crippen molar-refractivity contribution in [1.29, 1.82) is 0 Å². The third-order valence-electron chi connectivity index (χ3n) is 4.05. The Bertz CT molecular complexity index is 362. The SMILES string of the molecule is CN(CC(C)(CN)c1ccccc1)C1CCOC1. The van der Waals surface area contributed by atoms with Crippen LogP contribution in [0.25, 0.3) is 0 Å². The van der Waals surface area contributed by atoms with Crippen molar-refractivity contribution in [2.75, 3.05) is 33.4 Å². The molecule has 1 aliphatic heterocycles. The molecule has 0 amide bonds. The average molecular weight is 248 g/mol. The minimum absolute atomic E-state index is 0.0125. The molecule has 0 radical (unpaired) electrons. The van der Waals surface area contributed by atoms with Crippen molar-refractivity contribution in [3.8, 4) is 0 Å². The summed E-state index contributed by atoms with van der Waals surface area (Å²) < 4.78 is 5.46. The number of nitrogens with zero attached hydrogens (tertiary/aromatic N) is 1. The van der Waals surface area contributed by atoms with E-state index >= 15 is 0 Å². The number of rotatable bonds is 5. The first-order chi connectivity index (χ1) is 8.65. The van der Waals surface area contributed by atoms with E-state index in [1.165, 1.54) is 5.56 Å². The lowest BCUT2D eigenvalue weighted by Gasteiger charge is -2.35. The Hall–Kier alpha value is -0.900. The van der Waals surface area contributed by atoms with Crippen LogP contribution in [0.4, 0.5) is 0 Å². The molecule has 2 N–H and O–H groups in total. The Balaban J connectivity index is 2.08. The fourth-order valence-electron chi connectivity index (χ4n) is 2.66. The highest BCUT2D eigenvalue weighted by atomic mass is 16.5. The molecule has 1 aromatic carbocycles. The number of hydrogen-bond donors (Lipinski definition) is 1. The molecule has 100 valence electrons. The molecule has 18 heavy (non-hydrogen) atoms. The minimum Gasteiger partial charge on any atom is -0.380 e. The highest BCUT2D eigenvalue weighted by Crippen LogP contribution is 2.25.